The Labute approximate surface area is 157 Å². The molecule has 2 aromatic carbocycles. The summed E-state index contributed by atoms with van der Waals surface area (Å²) in [7, 11) is 0. The quantitative estimate of drug-likeness (QED) is 0.441. The number of benzene rings is 2. The maximum atomic E-state index is 12.2. The lowest BCUT2D eigenvalue weighted by molar-refractivity contribution is -0.274. The molecule has 2 rings (SSSR count). The number of hydroxylamine groups is 1. The molecular weight excluding hydrogens is 381 g/mol. The molecule has 2 atom stereocenters. The van der Waals surface area contributed by atoms with Gasteiger partial charge in [-0.1, -0.05) is 24.3 Å². The topological polar surface area (TPSA) is 108 Å². The Morgan fingerprint density at radius 1 is 1.00 bits per heavy atom. The molecule has 0 bridgehead atoms. The predicted molar refractivity (Wildman–Crippen MR) is 91.4 cm³/mol. The van der Waals surface area contributed by atoms with Crippen LogP contribution in [0.15, 0.2) is 48.5 Å². The number of nitrogens with one attached hydrogen (secondary N) is 2. The monoisotopic (exact) mass is 398 g/mol. The number of carbonyl (C=O) groups excluding carboxylic acids is 2. The number of rotatable bonds is 6. The van der Waals surface area contributed by atoms with Crippen molar-refractivity contribution >= 4 is 11.8 Å². The van der Waals surface area contributed by atoms with Gasteiger partial charge < -0.3 is 15.2 Å². The summed E-state index contributed by atoms with van der Waals surface area (Å²) in [5.74, 6) is -1.98. The zero-order valence-electron chi connectivity index (χ0n) is 14.5. The molecule has 10 heteroatoms. The van der Waals surface area contributed by atoms with E-state index in [0.29, 0.717) is 11.1 Å². The maximum Gasteiger partial charge on any atom is 0.573 e. The fourth-order valence-electron chi connectivity index (χ4n) is 2.36. The minimum Gasteiger partial charge on any atom is -0.406 e. The number of amides is 2. The number of aliphatic hydroxyl groups is 1. The van der Waals surface area contributed by atoms with Crippen LogP contribution >= 0.6 is 0 Å². The summed E-state index contributed by atoms with van der Waals surface area (Å²) in [5, 5.41) is 20.5. The molecule has 0 radical (unpaired) electrons. The van der Waals surface area contributed by atoms with Gasteiger partial charge in [-0.15, -0.1) is 13.2 Å². The molecule has 7 nitrogen and oxygen atoms in total. The van der Waals surface area contributed by atoms with Gasteiger partial charge in [-0.2, -0.15) is 0 Å². The first-order valence-electron chi connectivity index (χ1n) is 8.00. The molecule has 0 aliphatic rings. The van der Waals surface area contributed by atoms with E-state index in [0.717, 1.165) is 0 Å². The molecule has 2 amide bonds. The molecule has 0 spiro atoms. The Bertz CT molecular complexity index is 821. The van der Waals surface area contributed by atoms with Gasteiger partial charge >= 0.3 is 6.36 Å². The van der Waals surface area contributed by atoms with Crippen LogP contribution in [0.25, 0.3) is 11.1 Å². The van der Waals surface area contributed by atoms with Crippen molar-refractivity contribution in [3.05, 3.63) is 54.1 Å². The fourth-order valence-corrected chi connectivity index (χ4v) is 2.36. The van der Waals surface area contributed by atoms with Crippen molar-refractivity contribution in [3.8, 4) is 16.9 Å². The molecule has 0 saturated carbocycles. The van der Waals surface area contributed by atoms with Crippen LogP contribution in [-0.4, -0.2) is 40.6 Å². The maximum absolute atomic E-state index is 12.2. The molecule has 2 aromatic rings. The van der Waals surface area contributed by atoms with Crippen molar-refractivity contribution in [3.63, 3.8) is 0 Å². The zero-order chi connectivity index (χ0) is 20.9. The van der Waals surface area contributed by atoms with Crippen molar-refractivity contribution < 1.29 is 37.8 Å². The Morgan fingerprint density at radius 2 is 1.50 bits per heavy atom. The van der Waals surface area contributed by atoms with Gasteiger partial charge in [0.1, 0.15) is 11.8 Å². The van der Waals surface area contributed by atoms with Gasteiger partial charge in [-0.05, 0) is 42.3 Å². The molecule has 28 heavy (non-hydrogen) atoms. The lowest BCUT2D eigenvalue weighted by Crippen LogP contribution is -2.51. The average Bonchev–Trinajstić information content (AvgIpc) is 2.64. The summed E-state index contributed by atoms with van der Waals surface area (Å²) in [6.07, 6.45) is -6.01. The van der Waals surface area contributed by atoms with E-state index in [1.807, 2.05) is 0 Å². The highest BCUT2D eigenvalue weighted by molar-refractivity contribution is 5.97. The summed E-state index contributed by atoms with van der Waals surface area (Å²) in [5.41, 5.74) is 2.77. The van der Waals surface area contributed by atoms with Crippen LogP contribution in [0.2, 0.25) is 0 Å². The van der Waals surface area contributed by atoms with E-state index in [-0.39, 0.29) is 11.3 Å². The van der Waals surface area contributed by atoms with Crippen molar-refractivity contribution in [1.29, 1.82) is 0 Å². The summed E-state index contributed by atoms with van der Waals surface area (Å²) in [6.45, 7) is 1.27. The number of ether oxygens (including phenoxy) is 1. The van der Waals surface area contributed by atoms with Crippen molar-refractivity contribution in [1.82, 2.24) is 10.8 Å². The van der Waals surface area contributed by atoms with E-state index in [1.54, 1.807) is 12.1 Å². The van der Waals surface area contributed by atoms with E-state index in [2.05, 4.69) is 10.1 Å². The second kappa shape index (κ2) is 8.72. The Morgan fingerprint density at radius 3 is 1.93 bits per heavy atom. The summed E-state index contributed by atoms with van der Waals surface area (Å²) in [6, 6.07) is 9.89. The second-order valence-corrected chi connectivity index (χ2v) is 5.82. The van der Waals surface area contributed by atoms with Gasteiger partial charge in [0.05, 0.1) is 6.10 Å². The fraction of sp³-hybridized carbons (Fsp3) is 0.222. The van der Waals surface area contributed by atoms with Gasteiger partial charge in [0.2, 0.25) is 0 Å². The number of hydrogen-bond donors (Lipinski definition) is 4. The zero-order valence-corrected chi connectivity index (χ0v) is 14.5. The van der Waals surface area contributed by atoms with Gasteiger partial charge in [-0.3, -0.25) is 14.8 Å². The van der Waals surface area contributed by atoms with Crippen LogP contribution in [0.1, 0.15) is 17.3 Å². The Hall–Kier alpha value is -3.11. The third-order valence-corrected chi connectivity index (χ3v) is 3.73. The van der Waals surface area contributed by atoms with Crippen molar-refractivity contribution in [2.75, 3.05) is 0 Å². The normalized spacial score (nSPS) is 13.4. The van der Waals surface area contributed by atoms with E-state index < -0.39 is 30.3 Å². The Balaban J connectivity index is 2.10. The third-order valence-electron chi connectivity index (χ3n) is 3.73. The van der Waals surface area contributed by atoms with E-state index in [9.17, 15) is 27.9 Å². The van der Waals surface area contributed by atoms with Crippen LogP contribution in [0.3, 0.4) is 0 Å². The highest BCUT2D eigenvalue weighted by atomic mass is 19.4. The molecule has 4 N–H and O–H groups in total. The highest BCUT2D eigenvalue weighted by Gasteiger charge is 2.31. The van der Waals surface area contributed by atoms with Gasteiger partial charge in [0.15, 0.2) is 0 Å². The standard InChI is InChI=1S/C18H17F3N2O5/c1-10(24)15(17(26)23-27)22-16(25)13-4-2-11(3-5-13)12-6-8-14(9-7-12)28-18(19,20)21/h2-10,15,24,27H,1H3,(H,22,25)(H,23,26)/t10-,15+/m1/s1. The van der Waals surface area contributed by atoms with Crippen LogP contribution in [0, 0.1) is 0 Å². The smallest absolute Gasteiger partial charge is 0.406 e. The molecule has 0 saturated heterocycles. The van der Waals surface area contributed by atoms with E-state index in [1.165, 1.54) is 48.8 Å². The SMILES string of the molecule is C[C@@H](O)[C@H](NC(=O)c1ccc(-c2ccc(OC(F)(F)F)cc2)cc1)C(=O)NO. The third kappa shape index (κ3) is 5.69. The molecule has 0 aliphatic heterocycles. The minimum absolute atomic E-state index is 0.178. The summed E-state index contributed by atoms with van der Waals surface area (Å²) < 4.78 is 40.4. The molecular formula is C18H17F3N2O5. The van der Waals surface area contributed by atoms with Gasteiger partial charge in [0.25, 0.3) is 11.8 Å². The Kier molecular flexibility index (Phi) is 6.60. The van der Waals surface area contributed by atoms with Crippen LogP contribution in [0.4, 0.5) is 13.2 Å². The molecule has 0 unspecified atom stereocenters. The number of alkyl halides is 3. The van der Waals surface area contributed by atoms with Gasteiger partial charge in [-0.25, -0.2) is 5.48 Å². The largest absolute Gasteiger partial charge is 0.573 e. The number of aliphatic hydroxyl groups excluding tert-OH is 1. The lowest BCUT2D eigenvalue weighted by Gasteiger charge is -2.19. The molecule has 0 fully saturated rings. The minimum atomic E-state index is -4.77. The van der Waals surface area contributed by atoms with Crippen LogP contribution in [-0.2, 0) is 4.79 Å². The summed E-state index contributed by atoms with van der Waals surface area (Å²) in [4.78, 5) is 23.7. The highest BCUT2D eigenvalue weighted by Crippen LogP contribution is 2.26. The lowest BCUT2D eigenvalue weighted by atomic mass is 10.0. The van der Waals surface area contributed by atoms with E-state index in [4.69, 9.17) is 5.21 Å². The number of carbonyl (C=O) groups is 2. The predicted octanol–water partition coefficient (Wildman–Crippen LogP) is 2.24. The average molecular weight is 398 g/mol. The molecule has 0 aliphatic carbocycles. The van der Waals surface area contributed by atoms with Crippen LogP contribution in [0.5, 0.6) is 5.75 Å². The summed E-state index contributed by atoms with van der Waals surface area (Å²) >= 11 is 0. The first-order valence-corrected chi connectivity index (χ1v) is 8.00. The van der Waals surface area contributed by atoms with Crippen molar-refractivity contribution in [2.45, 2.75) is 25.4 Å². The van der Waals surface area contributed by atoms with Gasteiger partial charge in [0, 0.05) is 5.56 Å². The molecule has 0 heterocycles. The number of halogens is 3. The van der Waals surface area contributed by atoms with Crippen molar-refractivity contribution in [2.24, 2.45) is 0 Å². The first-order chi connectivity index (χ1) is 13.1. The molecule has 150 valence electrons. The van der Waals surface area contributed by atoms with E-state index >= 15 is 0 Å². The second-order valence-electron chi connectivity index (χ2n) is 5.82. The molecule has 0 aromatic heterocycles. The van der Waals surface area contributed by atoms with Crippen LogP contribution < -0.4 is 15.5 Å². The number of hydrogen-bond acceptors (Lipinski definition) is 5. The first kappa shape index (κ1) is 21.2.